The molecule has 2 nitrogen and oxygen atoms in total. The van der Waals surface area contributed by atoms with Crippen molar-refractivity contribution in [3.63, 3.8) is 0 Å². The second-order valence-electron chi connectivity index (χ2n) is 6.85. The van der Waals surface area contributed by atoms with E-state index in [-0.39, 0.29) is 0 Å². The Hall–Kier alpha value is -1.02. The second kappa shape index (κ2) is 7.84. The molecule has 1 aliphatic carbocycles. The van der Waals surface area contributed by atoms with Crippen LogP contribution in [0.3, 0.4) is 0 Å². The van der Waals surface area contributed by atoms with E-state index in [1.54, 1.807) is 0 Å². The van der Waals surface area contributed by atoms with E-state index < -0.39 is 0 Å². The Labute approximate surface area is 130 Å². The monoisotopic (exact) mass is 289 g/mol. The average molecular weight is 289 g/mol. The molecule has 118 valence electrons. The highest BCUT2D eigenvalue weighted by molar-refractivity contribution is 5.33. The average Bonchev–Trinajstić information content (AvgIpc) is 2.52. The Kier molecular flexibility index (Phi) is 6.10. The lowest BCUT2D eigenvalue weighted by Crippen LogP contribution is -2.39. The maximum absolute atomic E-state index is 5.81. The third-order valence-corrected chi connectivity index (χ3v) is 4.57. The molecule has 1 N–H and O–H groups in total. The van der Waals surface area contributed by atoms with Crippen LogP contribution < -0.4 is 10.1 Å². The Morgan fingerprint density at radius 3 is 2.33 bits per heavy atom. The molecule has 0 unspecified atom stereocenters. The first-order valence-electron chi connectivity index (χ1n) is 8.60. The van der Waals surface area contributed by atoms with Crippen LogP contribution in [0.5, 0.6) is 5.75 Å². The van der Waals surface area contributed by atoms with Gasteiger partial charge in [-0.15, -0.1) is 0 Å². The zero-order valence-corrected chi connectivity index (χ0v) is 14.0. The van der Waals surface area contributed by atoms with Crippen LogP contribution in [0, 0.1) is 5.92 Å². The van der Waals surface area contributed by atoms with Crippen molar-refractivity contribution < 1.29 is 4.74 Å². The molecule has 1 saturated carbocycles. The van der Waals surface area contributed by atoms with Crippen molar-refractivity contribution in [1.29, 1.82) is 0 Å². The van der Waals surface area contributed by atoms with Gasteiger partial charge in [0.05, 0.1) is 6.61 Å². The molecule has 0 atom stereocenters. The van der Waals surface area contributed by atoms with Crippen LogP contribution in [0.4, 0.5) is 0 Å². The third-order valence-electron chi connectivity index (χ3n) is 4.57. The van der Waals surface area contributed by atoms with Gasteiger partial charge in [-0.1, -0.05) is 52.2 Å². The van der Waals surface area contributed by atoms with E-state index in [1.807, 2.05) is 0 Å². The maximum atomic E-state index is 5.81. The predicted molar refractivity (Wildman–Crippen MR) is 90.1 cm³/mol. The van der Waals surface area contributed by atoms with Crippen LogP contribution in [0.15, 0.2) is 24.3 Å². The summed E-state index contributed by atoms with van der Waals surface area (Å²) in [7, 11) is 0. The standard InChI is InChI=1S/C19H31NO/c1-4-20-15-19(12-6-5-7-13-19)17-8-10-18(11-9-17)21-14-16(2)3/h8-11,16,20H,4-7,12-15H2,1-3H3. The maximum Gasteiger partial charge on any atom is 0.119 e. The van der Waals surface area contributed by atoms with E-state index >= 15 is 0 Å². The molecule has 2 heteroatoms. The first-order chi connectivity index (χ1) is 10.2. The lowest BCUT2D eigenvalue weighted by Gasteiger charge is -2.38. The predicted octanol–water partition coefficient (Wildman–Crippen LogP) is 4.53. The van der Waals surface area contributed by atoms with Crippen LogP contribution in [-0.4, -0.2) is 19.7 Å². The van der Waals surface area contributed by atoms with Gasteiger partial charge in [-0.2, -0.15) is 0 Å². The molecule has 1 fully saturated rings. The molecule has 0 amide bonds. The molecular weight excluding hydrogens is 258 g/mol. The molecule has 0 saturated heterocycles. The van der Waals surface area contributed by atoms with Gasteiger partial charge in [-0.3, -0.25) is 0 Å². The Balaban J connectivity index is 2.09. The largest absolute Gasteiger partial charge is 0.493 e. The first-order valence-corrected chi connectivity index (χ1v) is 8.60. The molecule has 21 heavy (non-hydrogen) atoms. The Bertz CT molecular complexity index is 404. The molecule has 0 aromatic heterocycles. The van der Waals surface area contributed by atoms with Gasteiger partial charge in [0.15, 0.2) is 0 Å². The molecule has 0 spiro atoms. The van der Waals surface area contributed by atoms with E-state index in [9.17, 15) is 0 Å². The van der Waals surface area contributed by atoms with E-state index in [0.717, 1.165) is 25.4 Å². The van der Waals surface area contributed by atoms with Crippen molar-refractivity contribution in [2.75, 3.05) is 19.7 Å². The fourth-order valence-electron chi connectivity index (χ4n) is 3.33. The van der Waals surface area contributed by atoms with Crippen LogP contribution in [0.25, 0.3) is 0 Å². The molecule has 1 aliphatic rings. The Morgan fingerprint density at radius 2 is 1.76 bits per heavy atom. The van der Waals surface area contributed by atoms with Gasteiger partial charge in [0.25, 0.3) is 0 Å². The fraction of sp³-hybridized carbons (Fsp3) is 0.684. The van der Waals surface area contributed by atoms with E-state index in [0.29, 0.717) is 11.3 Å². The van der Waals surface area contributed by atoms with Crippen LogP contribution >= 0.6 is 0 Å². The summed E-state index contributed by atoms with van der Waals surface area (Å²) in [5.41, 5.74) is 1.82. The van der Waals surface area contributed by atoms with E-state index in [1.165, 1.54) is 37.7 Å². The van der Waals surface area contributed by atoms with Gasteiger partial charge in [-0.25, -0.2) is 0 Å². The summed E-state index contributed by atoms with van der Waals surface area (Å²) in [5, 5.41) is 3.58. The summed E-state index contributed by atoms with van der Waals surface area (Å²) in [4.78, 5) is 0. The molecule has 1 aromatic rings. The number of benzene rings is 1. The number of rotatable bonds is 7. The van der Waals surface area contributed by atoms with Gasteiger partial charge in [-0.05, 0) is 43.0 Å². The lowest BCUT2D eigenvalue weighted by molar-refractivity contribution is 0.268. The van der Waals surface area contributed by atoms with Crippen molar-refractivity contribution in [2.45, 2.75) is 58.3 Å². The zero-order valence-electron chi connectivity index (χ0n) is 14.0. The molecule has 1 aromatic carbocycles. The van der Waals surface area contributed by atoms with Crippen molar-refractivity contribution in [3.05, 3.63) is 29.8 Å². The highest BCUT2D eigenvalue weighted by atomic mass is 16.5. The smallest absolute Gasteiger partial charge is 0.119 e. The Morgan fingerprint density at radius 1 is 1.10 bits per heavy atom. The van der Waals surface area contributed by atoms with Crippen molar-refractivity contribution >= 4 is 0 Å². The van der Waals surface area contributed by atoms with Crippen LogP contribution in [0.1, 0.15) is 58.4 Å². The van der Waals surface area contributed by atoms with Crippen LogP contribution in [-0.2, 0) is 5.41 Å². The molecule has 0 bridgehead atoms. The minimum absolute atomic E-state index is 0.338. The SMILES string of the molecule is CCNCC1(c2ccc(OCC(C)C)cc2)CCCCC1. The molecular formula is C19H31NO. The van der Waals surface area contributed by atoms with Gasteiger partial charge < -0.3 is 10.1 Å². The third kappa shape index (κ3) is 4.47. The first kappa shape index (κ1) is 16.4. The summed E-state index contributed by atoms with van der Waals surface area (Å²) >= 11 is 0. The summed E-state index contributed by atoms with van der Waals surface area (Å²) < 4.78 is 5.81. The van der Waals surface area contributed by atoms with E-state index in [4.69, 9.17) is 4.74 Å². The molecule has 0 heterocycles. The minimum Gasteiger partial charge on any atom is -0.493 e. The van der Waals surface area contributed by atoms with Gasteiger partial charge >= 0.3 is 0 Å². The van der Waals surface area contributed by atoms with Gasteiger partial charge in [0.2, 0.25) is 0 Å². The van der Waals surface area contributed by atoms with Crippen molar-refractivity contribution in [3.8, 4) is 5.75 Å². The molecule has 0 aliphatic heterocycles. The quantitative estimate of drug-likeness (QED) is 0.796. The normalized spacial score (nSPS) is 17.9. The second-order valence-corrected chi connectivity index (χ2v) is 6.85. The molecule has 2 rings (SSSR count). The number of hydrogen-bond acceptors (Lipinski definition) is 2. The highest BCUT2D eigenvalue weighted by Gasteiger charge is 2.33. The number of nitrogens with one attached hydrogen (secondary N) is 1. The lowest BCUT2D eigenvalue weighted by atomic mass is 9.69. The fourth-order valence-corrected chi connectivity index (χ4v) is 3.33. The highest BCUT2D eigenvalue weighted by Crippen LogP contribution is 2.39. The summed E-state index contributed by atoms with van der Waals surface area (Å²) in [6.07, 6.45) is 6.73. The van der Waals surface area contributed by atoms with Crippen LogP contribution in [0.2, 0.25) is 0 Å². The number of ether oxygens (including phenoxy) is 1. The topological polar surface area (TPSA) is 21.3 Å². The summed E-state index contributed by atoms with van der Waals surface area (Å²) in [6.45, 7) is 9.51. The summed E-state index contributed by atoms with van der Waals surface area (Å²) in [5.74, 6) is 1.57. The number of likely N-dealkylation sites (N-methyl/N-ethyl adjacent to an activating group) is 1. The van der Waals surface area contributed by atoms with Crippen molar-refractivity contribution in [1.82, 2.24) is 5.32 Å². The number of hydrogen-bond donors (Lipinski definition) is 1. The summed E-state index contributed by atoms with van der Waals surface area (Å²) in [6, 6.07) is 8.89. The van der Waals surface area contributed by atoms with Gasteiger partial charge in [0.1, 0.15) is 5.75 Å². The van der Waals surface area contributed by atoms with Gasteiger partial charge in [0, 0.05) is 12.0 Å². The zero-order chi connectivity index (χ0) is 15.1. The van der Waals surface area contributed by atoms with E-state index in [2.05, 4.69) is 50.4 Å². The molecule has 0 radical (unpaired) electrons. The minimum atomic E-state index is 0.338. The van der Waals surface area contributed by atoms with Crippen molar-refractivity contribution in [2.24, 2.45) is 5.92 Å².